The maximum Gasteiger partial charge on any atom is 0.267 e. The maximum atomic E-state index is 13.0. The van der Waals surface area contributed by atoms with Crippen LogP contribution in [0.4, 0.5) is 8.78 Å². The molecule has 0 aromatic heterocycles. The quantitative estimate of drug-likeness (QED) is 0.755. The largest absolute Gasteiger partial charge is 0.394 e. The van der Waals surface area contributed by atoms with E-state index in [1.54, 1.807) is 6.92 Å². The fourth-order valence-corrected chi connectivity index (χ4v) is 1.80. The van der Waals surface area contributed by atoms with Crippen LogP contribution in [-0.2, 0) is 4.79 Å². The van der Waals surface area contributed by atoms with E-state index in [4.69, 9.17) is 16.7 Å². The van der Waals surface area contributed by atoms with E-state index >= 15 is 0 Å². The highest BCUT2D eigenvalue weighted by Crippen LogP contribution is 2.32. The van der Waals surface area contributed by atoms with Crippen molar-refractivity contribution in [2.24, 2.45) is 0 Å². The van der Waals surface area contributed by atoms with Crippen LogP contribution in [0.3, 0.4) is 0 Å². The minimum absolute atomic E-state index is 0.389. The Morgan fingerprint density at radius 3 is 2.80 bits per heavy atom. The summed E-state index contributed by atoms with van der Waals surface area (Å²) in [5, 5.41) is 8.12. The standard InChI is InChI=1S/C9H14ClF2NO2/c1-2-7(10)8(15)13-5-9(11,12)3-6(13)4-14/h6-7,14H,2-5H2,1H3. The van der Waals surface area contributed by atoms with E-state index in [2.05, 4.69) is 0 Å². The first-order chi connectivity index (χ1) is 6.91. The first-order valence-electron chi connectivity index (χ1n) is 4.84. The zero-order chi connectivity index (χ0) is 11.6. The van der Waals surface area contributed by atoms with Gasteiger partial charge < -0.3 is 10.0 Å². The summed E-state index contributed by atoms with van der Waals surface area (Å²) < 4.78 is 26.0. The van der Waals surface area contributed by atoms with E-state index < -0.39 is 42.8 Å². The van der Waals surface area contributed by atoms with E-state index in [9.17, 15) is 13.6 Å². The molecule has 1 fully saturated rings. The molecule has 0 bridgehead atoms. The predicted molar refractivity (Wildman–Crippen MR) is 52.1 cm³/mol. The summed E-state index contributed by atoms with van der Waals surface area (Å²) >= 11 is 5.69. The molecule has 1 saturated heterocycles. The van der Waals surface area contributed by atoms with Gasteiger partial charge in [-0.3, -0.25) is 4.79 Å². The highest BCUT2D eigenvalue weighted by Gasteiger charge is 2.47. The molecule has 6 heteroatoms. The molecule has 2 atom stereocenters. The Morgan fingerprint density at radius 2 is 2.33 bits per heavy atom. The van der Waals surface area contributed by atoms with Gasteiger partial charge in [0, 0.05) is 6.42 Å². The first-order valence-corrected chi connectivity index (χ1v) is 5.28. The molecule has 0 radical (unpaired) electrons. The number of alkyl halides is 3. The number of hydrogen-bond donors (Lipinski definition) is 1. The molecule has 0 spiro atoms. The average molecular weight is 242 g/mol. The third-order valence-corrected chi connectivity index (χ3v) is 2.99. The summed E-state index contributed by atoms with van der Waals surface area (Å²) in [6.07, 6.45) is -0.0941. The predicted octanol–water partition coefficient (Wildman–Crippen LogP) is 1.23. The lowest BCUT2D eigenvalue weighted by molar-refractivity contribution is -0.133. The van der Waals surface area contributed by atoms with E-state index in [1.165, 1.54) is 0 Å². The first kappa shape index (κ1) is 12.6. The summed E-state index contributed by atoms with van der Waals surface area (Å²) in [4.78, 5) is 12.6. The molecule has 0 aromatic rings. The van der Waals surface area contributed by atoms with Crippen molar-refractivity contribution in [1.82, 2.24) is 4.90 Å². The Bertz CT molecular complexity index is 250. The monoisotopic (exact) mass is 241 g/mol. The Balaban J connectivity index is 2.72. The average Bonchev–Trinajstić information content (AvgIpc) is 2.51. The molecule has 1 N–H and O–H groups in total. The number of carbonyl (C=O) groups excluding carboxylic acids is 1. The molecule has 15 heavy (non-hydrogen) atoms. The second kappa shape index (κ2) is 4.61. The zero-order valence-electron chi connectivity index (χ0n) is 8.42. The maximum absolute atomic E-state index is 13.0. The lowest BCUT2D eigenvalue weighted by atomic mass is 10.2. The highest BCUT2D eigenvalue weighted by molar-refractivity contribution is 6.30. The lowest BCUT2D eigenvalue weighted by Gasteiger charge is -2.24. The molecular weight excluding hydrogens is 228 g/mol. The number of halogens is 3. The van der Waals surface area contributed by atoms with Crippen LogP contribution in [0.15, 0.2) is 0 Å². The van der Waals surface area contributed by atoms with Gasteiger partial charge in [-0.1, -0.05) is 6.92 Å². The number of nitrogens with zero attached hydrogens (tertiary/aromatic N) is 1. The molecule has 1 aliphatic heterocycles. The van der Waals surface area contributed by atoms with Crippen molar-refractivity contribution < 1.29 is 18.7 Å². The van der Waals surface area contributed by atoms with E-state index in [0.29, 0.717) is 6.42 Å². The third-order valence-electron chi connectivity index (χ3n) is 2.50. The van der Waals surface area contributed by atoms with Crippen LogP contribution < -0.4 is 0 Å². The van der Waals surface area contributed by atoms with Gasteiger partial charge in [0.2, 0.25) is 5.91 Å². The number of carbonyl (C=O) groups is 1. The molecule has 1 amide bonds. The third kappa shape index (κ3) is 2.78. The van der Waals surface area contributed by atoms with Crippen LogP contribution in [0.25, 0.3) is 0 Å². The number of amides is 1. The van der Waals surface area contributed by atoms with Crippen LogP contribution in [0, 0.1) is 0 Å². The molecular formula is C9H14ClF2NO2. The fraction of sp³-hybridized carbons (Fsp3) is 0.889. The Labute approximate surface area is 92.0 Å². The Hall–Kier alpha value is -0.420. The molecule has 1 rings (SSSR count). The SMILES string of the molecule is CCC(Cl)C(=O)N1CC(F)(F)CC1CO. The van der Waals surface area contributed by atoms with Crippen LogP contribution in [-0.4, -0.2) is 46.4 Å². The number of aliphatic hydroxyl groups is 1. The van der Waals surface area contributed by atoms with Gasteiger partial charge >= 0.3 is 0 Å². The van der Waals surface area contributed by atoms with Gasteiger partial charge in [0.1, 0.15) is 5.38 Å². The normalized spacial score (nSPS) is 26.7. The summed E-state index contributed by atoms with van der Waals surface area (Å²) in [6, 6.07) is -0.805. The van der Waals surface area contributed by atoms with Crippen molar-refractivity contribution in [1.29, 1.82) is 0 Å². The van der Waals surface area contributed by atoms with Gasteiger partial charge in [-0.25, -0.2) is 8.78 Å². The van der Waals surface area contributed by atoms with Gasteiger partial charge in [0.05, 0.1) is 19.2 Å². The van der Waals surface area contributed by atoms with Crippen molar-refractivity contribution >= 4 is 17.5 Å². The molecule has 0 aromatic carbocycles. The van der Waals surface area contributed by atoms with Crippen LogP contribution in [0.2, 0.25) is 0 Å². The summed E-state index contributed by atoms with van der Waals surface area (Å²) in [5.74, 6) is -3.43. The number of rotatable bonds is 3. The van der Waals surface area contributed by atoms with Crippen LogP contribution >= 0.6 is 11.6 Å². The van der Waals surface area contributed by atoms with E-state index in [-0.39, 0.29) is 0 Å². The summed E-state index contributed by atoms with van der Waals surface area (Å²) in [7, 11) is 0. The topological polar surface area (TPSA) is 40.5 Å². The molecule has 1 heterocycles. The minimum Gasteiger partial charge on any atom is -0.394 e. The Morgan fingerprint density at radius 1 is 1.73 bits per heavy atom. The van der Waals surface area contributed by atoms with Crippen molar-refractivity contribution in [2.75, 3.05) is 13.2 Å². The minimum atomic E-state index is -2.91. The fourth-order valence-electron chi connectivity index (χ4n) is 1.67. The second-order valence-electron chi connectivity index (χ2n) is 3.74. The van der Waals surface area contributed by atoms with Crippen LogP contribution in [0.1, 0.15) is 19.8 Å². The summed E-state index contributed by atoms with van der Waals surface area (Å²) in [5.41, 5.74) is 0. The van der Waals surface area contributed by atoms with Gasteiger partial charge in [0.15, 0.2) is 0 Å². The molecule has 0 saturated carbocycles. The van der Waals surface area contributed by atoms with Crippen molar-refractivity contribution in [2.45, 2.75) is 37.1 Å². The lowest BCUT2D eigenvalue weighted by Crippen LogP contribution is -2.42. The number of likely N-dealkylation sites (tertiary alicyclic amines) is 1. The molecule has 2 unspecified atom stereocenters. The molecule has 0 aliphatic carbocycles. The zero-order valence-corrected chi connectivity index (χ0v) is 9.18. The number of aliphatic hydroxyl groups excluding tert-OH is 1. The second-order valence-corrected chi connectivity index (χ2v) is 4.27. The molecule has 3 nitrogen and oxygen atoms in total. The van der Waals surface area contributed by atoms with Gasteiger partial charge in [0.25, 0.3) is 5.92 Å². The van der Waals surface area contributed by atoms with Gasteiger partial charge in [-0.05, 0) is 6.42 Å². The molecule has 88 valence electrons. The number of hydrogen-bond acceptors (Lipinski definition) is 2. The van der Waals surface area contributed by atoms with Crippen molar-refractivity contribution in [3.8, 4) is 0 Å². The summed E-state index contributed by atoms with van der Waals surface area (Å²) in [6.45, 7) is 0.618. The Kier molecular flexibility index (Phi) is 3.89. The van der Waals surface area contributed by atoms with Gasteiger partial charge in [-0.15, -0.1) is 11.6 Å². The van der Waals surface area contributed by atoms with Crippen molar-refractivity contribution in [3.63, 3.8) is 0 Å². The van der Waals surface area contributed by atoms with E-state index in [0.717, 1.165) is 4.90 Å². The van der Waals surface area contributed by atoms with Crippen LogP contribution in [0.5, 0.6) is 0 Å². The van der Waals surface area contributed by atoms with E-state index in [1.807, 2.05) is 0 Å². The smallest absolute Gasteiger partial charge is 0.267 e. The molecule has 1 aliphatic rings. The van der Waals surface area contributed by atoms with Crippen molar-refractivity contribution in [3.05, 3.63) is 0 Å². The van der Waals surface area contributed by atoms with Gasteiger partial charge in [-0.2, -0.15) is 0 Å². The highest BCUT2D eigenvalue weighted by atomic mass is 35.5.